The van der Waals surface area contributed by atoms with Crippen LogP contribution in [0.4, 0.5) is 10.1 Å². The molecule has 0 aliphatic carbocycles. The fraction of sp³-hybridized carbons (Fsp3) is 0.125. The van der Waals surface area contributed by atoms with Gasteiger partial charge in [0.15, 0.2) is 0 Å². The van der Waals surface area contributed by atoms with Gasteiger partial charge in [-0.15, -0.1) is 0 Å². The molecule has 0 fully saturated rings. The Bertz CT molecular complexity index is 1410. The summed E-state index contributed by atoms with van der Waals surface area (Å²) in [6.45, 7) is -0.349. The van der Waals surface area contributed by atoms with Gasteiger partial charge in [-0.25, -0.2) is 9.18 Å². The lowest BCUT2D eigenvalue weighted by Gasteiger charge is -2.15. The third kappa shape index (κ3) is 4.15. The Kier molecular flexibility index (Phi) is 5.85. The summed E-state index contributed by atoms with van der Waals surface area (Å²) in [5.41, 5.74) is 0.361. The molecule has 1 amide bonds. The Morgan fingerprint density at radius 3 is 2.38 bits per heavy atom. The number of rotatable bonds is 6. The normalized spacial score (nSPS) is 10.8. The maximum Gasteiger partial charge on any atom is 0.332 e. The van der Waals surface area contributed by atoms with Crippen LogP contribution in [0.2, 0.25) is 0 Å². The van der Waals surface area contributed by atoms with Crippen molar-refractivity contribution in [1.29, 1.82) is 0 Å². The van der Waals surface area contributed by atoms with E-state index in [9.17, 15) is 18.8 Å². The molecule has 0 bridgehead atoms. The van der Waals surface area contributed by atoms with Crippen molar-refractivity contribution in [3.63, 3.8) is 0 Å². The molecule has 0 saturated heterocycles. The SMILES string of the molecule is COc1ccccc1NC(=O)Cn1c(=O)c2ccccc2n(Cc2ccc(F)cc2)c1=O. The van der Waals surface area contributed by atoms with E-state index in [1.807, 2.05) is 0 Å². The number of ether oxygens (including phenoxy) is 1. The highest BCUT2D eigenvalue weighted by atomic mass is 19.1. The first-order chi connectivity index (χ1) is 15.5. The van der Waals surface area contributed by atoms with E-state index >= 15 is 0 Å². The minimum atomic E-state index is -0.631. The second kappa shape index (κ2) is 8.89. The van der Waals surface area contributed by atoms with E-state index in [-0.39, 0.29) is 12.4 Å². The molecule has 1 aromatic heterocycles. The van der Waals surface area contributed by atoms with Crippen LogP contribution in [-0.4, -0.2) is 22.2 Å². The van der Waals surface area contributed by atoms with Crippen molar-refractivity contribution < 1.29 is 13.9 Å². The van der Waals surface area contributed by atoms with E-state index in [1.165, 1.54) is 23.8 Å². The number of methoxy groups -OCH3 is 1. The molecule has 32 heavy (non-hydrogen) atoms. The number of carbonyl (C=O) groups is 1. The first-order valence-corrected chi connectivity index (χ1v) is 9.87. The van der Waals surface area contributed by atoms with E-state index in [0.717, 1.165) is 4.57 Å². The lowest BCUT2D eigenvalue weighted by Crippen LogP contribution is -2.42. The number of hydrogen-bond acceptors (Lipinski definition) is 4. The molecule has 0 unspecified atom stereocenters. The van der Waals surface area contributed by atoms with Crippen LogP contribution in [0.1, 0.15) is 5.56 Å². The van der Waals surface area contributed by atoms with Gasteiger partial charge in [-0.3, -0.25) is 18.7 Å². The van der Waals surface area contributed by atoms with Crippen molar-refractivity contribution in [2.24, 2.45) is 0 Å². The maximum absolute atomic E-state index is 13.3. The molecule has 0 atom stereocenters. The lowest BCUT2D eigenvalue weighted by molar-refractivity contribution is -0.116. The minimum Gasteiger partial charge on any atom is -0.495 e. The Hall–Kier alpha value is -4.20. The molecule has 3 aromatic carbocycles. The average Bonchev–Trinajstić information content (AvgIpc) is 2.81. The summed E-state index contributed by atoms with van der Waals surface area (Å²) in [5.74, 6) is -0.471. The third-order valence-corrected chi connectivity index (χ3v) is 5.07. The van der Waals surface area contributed by atoms with Gasteiger partial charge in [-0.2, -0.15) is 0 Å². The van der Waals surface area contributed by atoms with Crippen molar-refractivity contribution in [2.75, 3.05) is 12.4 Å². The Morgan fingerprint density at radius 1 is 0.938 bits per heavy atom. The highest BCUT2D eigenvalue weighted by Gasteiger charge is 2.16. The topological polar surface area (TPSA) is 82.3 Å². The van der Waals surface area contributed by atoms with Crippen molar-refractivity contribution in [3.05, 3.63) is 105 Å². The molecule has 4 rings (SSSR count). The van der Waals surface area contributed by atoms with Gasteiger partial charge < -0.3 is 10.1 Å². The second-order valence-electron chi connectivity index (χ2n) is 7.15. The summed E-state index contributed by atoms with van der Waals surface area (Å²) in [6, 6.07) is 19.3. The highest BCUT2D eigenvalue weighted by Crippen LogP contribution is 2.22. The van der Waals surface area contributed by atoms with Crippen LogP contribution in [0.3, 0.4) is 0 Å². The largest absolute Gasteiger partial charge is 0.495 e. The van der Waals surface area contributed by atoms with Crippen molar-refractivity contribution in [3.8, 4) is 5.75 Å². The summed E-state index contributed by atoms with van der Waals surface area (Å²) < 4.78 is 20.8. The molecule has 0 radical (unpaired) electrons. The average molecular weight is 433 g/mol. The molecule has 8 heteroatoms. The molecular weight excluding hydrogens is 413 g/mol. The van der Waals surface area contributed by atoms with Gasteiger partial charge in [0.1, 0.15) is 18.1 Å². The first kappa shape index (κ1) is 21.0. The van der Waals surface area contributed by atoms with Gasteiger partial charge in [0.25, 0.3) is 5.56 Å². The summed E-state index contributed by atoms with van der Waals surface area (Å²) in [4.78, 5) is 38.9. The van der Waals surface area contributed by atoms with Crippen molar-refractivity contribution in [1.82, 2.24) is 9.13 Å². The van der Waals surface area contributed by atoms with E-state index in [2.05, 4.69) is 5.32 Å². The zero-order chi connectivity index (χ0) is 22.7. The molecule has 1 N–H and O–H groups in total. The number of anilines is 1. The summed E-state index contributed by atoms with van der Waals surface area (Å²) in [7, 11) is 1.48. The fourth-order valence-electron chi connectivity index (χ4n) is 3.52. The van der Waals surface area contributed by atoms with Crippen LogP contribution in [0, 0.1) is 5.82 Å². The number of para-hydroxylation sites is 3. The minimum absolute atomic E-state index is 0.119. The van der Waals surface area contributed by atoms with Crippen LogP contribution < -0.4 is 21.3 Å². The van der Waals surface area contributed by atoms with Crippen LogP contribution in [0.5, 0.6) is 5.75 Å². The van der Waals surface area contributed by atoms with Crippen molar-refractivity contribution in [2.45, 2.75) is 13.1 Å². The van der Waals surface area contributed by atoms with E-state index in [4.69, 9.17) is 4.74 Å². The smallest absolute Gasteiger partial charge is 0.332 e. The maximum atomic E-state index is 13.3. The Balaban J connectivity index is 1.74. The van der Waals surface area contributed by atoms with E-state index < -0.39 is 23.7 Å². The van der Waals surface area contributed by atoms with Gasteiger partial charge in [0.05, 0.1) is 30.2 Å². The molecular formula is C24H20FN3O4. The standard InChI is InChI=1S/C24H20FN3O4/c1-32-21-9-5-3-7-19(21)26-22(29)15-28-23(30)18-6-2-4-8-20(18)27(24(28)31)14-16-10-12-17(25)13-11-16/h2-13H,14-15H2,1H3,(H,26,29). The predicted molar refractivity (Wildman–Crippen MR) is 120 cm³/mol. The lowest BCUT2D eigenvalue weighted by atomic mass is 10.2. The number of nitrogens with zero attached hydrogens (tertiary/aromatic N) is 2. The first-order valence-electron chi connectivity index (χ1n) is 9.87. The number of nitrogens with one attached hydrogen (secondary N) is 1. The number of hydrogen-bond donors (Lipinski definition) is 1. The highest BCUT2D eigenvalue weighted by molar-refractivity contribution is 5.92. The zero-order valence-electron chi connectivity index (χ0n) is 17.2. The van der Waals surface area contributed by atoms with Gasteiger partial charge >= 0.3 is 5.69 Å². The third-order valence-electron chi connectivity index (χ3n) is 5.07. The molecule has 162 valence electrons. The predicted octanol–water partition coefficient (Wildman–Crippen LogP) is 3.00. The molecule has 0 spiro atoms. The molecule has 7 nitrogen and oxygen atoms in total. The number of halogens is 1. The molecule has 1 heterocycles. The second-order valence-corrected chi connectivity index (χ2v) is 7.15. The summed E-state index contributed by atoms with van der Waals surface area (Å²) >= 11 is 0. The number of aromatic nitrogens is 2. The van der Waals surface area contributed by atoms with Gasteiger partial charge in [0.2, 0.25) is 5.91 Å². The Labute approximate surface area is 182 Å². The zero-order valence-corrected chi connectivity index (χ0v) is 17.2. The van der Waals surface area contributed by atoms with Crippen LogP contribution in [-0.2, 0) is 17.9 Å². The monoisotopic (exact) mass is 433 g/mol. The van der Waals surface area contributed by atoms with E-state index in [1.54, 1.807) is 60.7 Å². The number of fused-ring (bicyclic) bond motifs is 1. The van der Waals surface area contributed by atoms with Gasteiger partial charge in [-0.05, 0) is 42.0 Å². The molecule has 0 saturated carbocycles. The van der Waals surface area contributed by atoms with Crippen molar-refractivity contribution >= 4 is 22.5 Å². The molecule has 4 aromatic rings. The quantitative estimate of drug-likeness (QED) is 0.507. The van der Waals surface area contributed by atoms with Gasteiger partial charge in [-0.1, -0.05) is 36.4 Å². The number of amides is 1. The van der Waals surface area contributed by atoms with Gasteiger partial charge in [0, 0.05) is 0 Å². The molecule has 0 aliphatic rings. The summed E-state index contributed by atoms with van der Waals surface area (Å²) in [6.07, 6.45) is 0. The summed E-state index contributed by atoms with van der Waals surface area (Å²) in [5, 5.41) is 2.98. The van der Waals surface area contributed by atoms with Crippen LogP contribution in [0.15, 0.2) is 82.4 Å². The van der Waals surface area contributed by atoms with E-state index in [0.29, 0.717) is 27.9 Å². The number of benzene rings is 3. The fourth-order valence-corrected chi connectivity index (χ4v) is 3.52. The number of carbonyl (C=O) groups excluding carboxylic acids is 1. The van der Waals surface area contributed by atoms with Crippen LogP contribution in [0.25, 0.3) is 10.9 Å². The Morgan fingerprint density at radius 2 is 1.62 bits per heavy atom. The molecule has 0 aliphatic heterocycles. The van der Waals surface area contributed by atoms with Crippen LogP contribution >= 0.6 is 0 Å².